The van der Waals surface area contributed by atoms with Gasteiger partial charge in [0.25, 0.3) is 0 Å². The summed E-state index contributed by atoms with van der Waals surface area (Å²) >= 11 is 0. The minimum Gasteiger partial charge on any atom is -0.478 e. The Morgan fingerprint density at radius 2 is 2.00 bits per heavy atom. The van der Waals surface area contributed by atoms with Crippen LogP contribution in [0.1, 0.15) is 5.56 Å². The van der Waals surface area contributed by atoms with Crippen LogP contribution in [0.5, 0.6) is 5.75 Å². The molecule has 1 N–H and O–H groups in total. The fourth-order valence-corrected chi connectivity index (χ4v) is 1.34. The van der Waals surface area contributed by atoms with Crippen molar-refractivity contribution in [1.29, 1.82) is 5.26 Å². The van der Waals surface area contributed by atoms with Crippen molar-refractivity contribution in [1.82, 2.24) is 5.32 Å². The molecule has 0 aromatic heterocycles. The molecule has 0 aliphatic carbocycles. The lowest BCUT2D eigenvalue weighted by molar-refractivity contribution is -0.125. The fourth-order valence-electron chi connectivity index (χ4n) is 1.34. The smallest absolute Gasteiger partial charge is 0.319 e. The molecule has 1 aromatic rings. The molecule has 0 aliphatic heterocycles. The summed E-state index contributed by atoms with van der Waals surface area (Å²) in [7, 11) is 0. The molecule has 1 aromatic carbocycles. The molecule has 0 bridgehead atoms. The van der Waals surface area contributed by atoms with Crippen LogP contribution in [0, 0.1) is 11.3 Å². The van der Waals surface area contributed by atoms with E-state index in [0.29, 0.717) is 11.3 Å². The van der Waals surface area contributed by atoms with Gasteiger partial charge < -0.3 is 10.1 Å². The summed E-state index contributed by atoms with van der Waals surface area (Å²) in [6.45, 7) is -1.36. The molecule has 3 nitrogen and oxygen atoms in total. The average molecular weight is 276 g/mol. The molecular weight excluding hydrogens is 264 g/mol. The molecule has 0 fully saturated rings. The first kappa shape index (κ1) is 15.2. The highest BCUT2D eigenvalue weighted by atomic mass is 19.3. The molecule has 0 aliphatic rings. The zero-order chi connectivity index (χ0) is 14.3. The minimum atomic E-state index is -4.07. The summed E-state index contributed by atoms with van der Waals surface area (Å²) in [4.78, 5) is 0. The predicted octanol–water partition coefficient (Wildman–Crippen LogP) is 2.58. The van der Waals surface area contributed by atoms with Gasteiger partial charge in [-0.05, 0) is 6.07 Å². The number of ether oxygens (including phenoxy) is 1. The Morgan fingerprint density at radius 1 is 1.32 bits per heavy atom. The van der Waals surface area contributed by atoms with Crippen LogP contribution in [-0.2, 0) is 6.54 Å². The van der Waals surface area contributed by atoms with Gasteiger partial charge in [0.1, 0.15) is 11.8 Å². The van der Waals surface area contributed by atoms with Crippen LogP contribution in [0.25, 0.3) is 0 Å². The van der Waals surface area contributed by atoms with E-state index in [1.807, 2.05) is 0 Å². The van der Waals surface area contributed by atoms with Gasteiger partial charge in [-0.2, -0.15) is 14.0 Å². The second-order valence-corrected chi connectivity index (χ2v) is 3.72. The molecule has 0 unspecified atom stereocenters. The summed E-state index contributed by atoms with van der Waals surface area (Å²) in [6.07, 6.45) is -3.70. The molecule has 1 rings (SSSR count). The van der Waals surface area contributed by atoms with Gasteiger partial charge in [0.2, 0.25) is 0 Å². The van der Waals surface area contributed by atoms with E-state index in [9.17, 15) is 17.6 Å². The molecule has 0 radical (unpaired) electrons. The topological polar surface area (TPSA) is 45.0 Å². The van der Waals surface area contributed by atoms with E-state index in [0.717, 1.165) is 0 Å². The van der Waals surface area contributed by atoms with Crippen molar-refractivity contribution in [3.8, 4) is 11.8 Å². The molecule has 0 spiro atoms. The van der Waals surface area contributed by atoms with Crippen molar-refractivity contribution in [2.45, 2.75) is 18.9 Å². The maximum absolute atomic E-state index is 12.7. The molecule has 0 heterocycles. The number of halogens is 4. The van der Waals surface area contributed by atoms with Crippen LogP contribution < -0.4 is 10.1 Å². The average Bonchev–Trinajstić information content (AvgIpc) is 2.37. The van der Waals surface area contributed by atoms with Crippen LogP contribution in [0.4, 0.5) is 17.6 Å². The Balaban J connectivity index is 2.56. The molecule has 0 saturated carbocycles. The zero-order valence-corrected chi connectivity index (χ0v) is 9.88. The van der Waals surface area contributed by atoms with Crippen LogP contribution >= 0.6 is 0 Å². The van der Waals surface area contributed by atoms with Gasteiger partial charge in [0, 0.05) is 12.1 Å². The van der Waals surface area contributed by atoms with E-state index in [-0.39, 0.29) is 13.2 Å². The molecule has 0 atom stereocenters. The largest absolute Gasteiger partial charge is 0.478 e. The Bertz CT molecular complexity index is 446. The zero-order valence-electron chi connectivity index (χ0n) is 9.88. The number of para-hydroxylation sites is 1. The van der Waals surface area contributed by atoms with Crippen LogP contribution in [0.2, 0.25) is 0 Å². The Kier molecular flexibility index (Phi) is 5.57. The number of nitrogens with one attached hydrogen (secondary N) is 1. The molecule has 7 heteroatoms. The SMILES string of the molecule is N#CCOc1ccccc1CNCC(F)(F)C(F)F. The van der Waals surface area contributed by atoms with Gasteiger partial charge in [-0.1, -0.05) is 18.2 Å². The highest BCUT2D eigenvalue weighted by Gasteiger charge is 2.39. The van der Waals surface area contributed by atoms with E-state index in [4.69, 9.17) is 10.00 Å². The monoisotopic (exact) mass is 276 g/mol. The third-order valence-electron chi connectivity index (χ3n) is 2.26. The summed E-state index contributed by atoms with van der Waals surface area (Å²) in [6, 6.07) is 8.25. The number of nitrogens with zero attached hydrogens (tertiary/aromatic N) is 1. The van der Waals surface area contributed by atoms with Gasteiger partial charge in [0.05, 0.1) is 6.54 Å². The van der Waals surface area contributed by atoms with Crippen LogP contribution in [0.3, 0.4) is 0 Å². The molecule has 104 valence electrons. The molecular formula is C12H12F4N2O. The quantitative estimate of drug-likeness (QED) is 0.778. The van der Waals surface area contributed by atoms with E-state index < -0.39 is 18.9 Å². The van der Waals surface area contributed by atoms with Crippen molar-refractivity contribution in [2.75, 3.05) is 13.2 Å². The van der Waals surface area contributed by atoms with E-state index >= 15 is 0 Å². The Morgan fingerprint density at radius 3 is 2.63 bits per heavy atom. The summed E-state index contributed by atoms with van der Waals surface area (Å²) < 4.78 is 54.3. The summed E-state index contributed by atoms with van der Waals surface area (Å²) in [5.41, 5.74) is 0.516. The van der Waals surface area contributed by atoms with Crippen molar-refractivity contribution in [3.63, 3.8) is 0 Å². The third-order valence-corrected chi connectivity index (χ3v) is 2.26. The first-order valence-corrected chi connectivity index (χ1v) is 5.41. The van der Waals surface area contributed by atoms with Crippen molar-refractivity contribution in [3.05, 3.63) is 29.8 Å². The maximum atomic E-state index is 12.7. The predicted molar refractivity (Wildman–Crippen MR) is 60.2 cm³/mol. The van der Waals surface area contributed by atoms with Crippen molar-refractivity contribution >= 4 is 0 Å². The highest BCUT2D eigenvalue weighted by molar-refractivity contribution is 5.33. The van der Waals surface area contributed by atoms with Crippen molar-refractivity contribution in [2.24, 2.45) is 0 Å². The van der Waals surface area contributed by atoms with E-state index in [1.165, 1.54) is 0 Å². The lowest BCUT2D eigenvalue weighted by atomic mass is 10.2. The highest BCUT2D eigenvalue weighted by Crippen LogP contribution is 2.22. The lowest BCUT2D eigenvalue weighted by Gasteiger charge is -2.16. The number of alkyl halides is 4. The van der Waals surface area contributed by atoms with Gasteiger partial charge in [-0.25, -0.2) is 8.78 Å². The first-order valence-electron chi connectivity index (χ1n) is 5.41. The minimum absolute atomic E-state index is 0.0517. The van der Waals surface area contributed by atoms with Crippen LogP contribution in [0.15, 0.2) is 24.3 Å². The molecule has 0 saturated heterocycles. The second-order valence-electron chi connectivity index (χ2n) is 3.72. The van der Waals surface area contributed by atoms with Gasteiger partial charge >= 0.3 is 12.3 Å². The van der Waals surface area contributed by atoms with Gasteiger partial charge in [-0.3, -0.25) is 0 Å². The van der Waals surface area contributed by atoms with E-state index in [2.05, 4.69) is 5.32 Å². The third kappa shape index (κ3) is 4.75. The number of hydrogen-bond donors (Lipinski definition) is 1. The fraction of sp³-hybridized carbons (Fsp3) is 0.417. The van der Waals surface area contributed by atoms with Gasteiger partial charge in [0.15, 0.2) is 6.61 Å². The summed E-state index contributed by atoms with van der Waals surface area (Å²) in [5, 5.41) is 10.6. The van der Waals surface area contributed by atoms with E-state index in [1.54, 1.807) is 30.3 Å². The summed E-state index contributed by atoms with van der Waals surface area (Å²) in [5.74, 6) is -3.71. The normalized spacial score (nSPS) is 11.4. The Hall–Kier alpha value is -1.81. The number of nitriles is 1. The molecule has 0 amide bonds. The first-order chi connectivity index (χ1) is 8.97. The Labute approximate surface area is 107 Å². The number of rotatable bonds is 7. The van der Waals surface area contributed by atoms with Crippen LogP contribution in [-0.4, -0.2) is 25.5 Å². The second kappa shape index (κ2) is 6.95. The maximum Gasteiger partial charge on any atom is 0.319 e. The molecule has 19 heavy (non-hydrogen) atoms. The standard InChI is InChI=1S/C12H12F4N2O/c13-11(14)12(15,16)8-18-7-9-3-1-2-4-10(9)19-6-5-17/h1-4,11,18H,6-8H2. The number of hydrogen-bond acceptors (Lipinski definition) is 3. The van der Waals surface area contributed by atoms with Gasteiger partial charge in [-0.15, -0.1) is 0 Å². The lowest BCUT2D eigenvalue weighted by Crippen LogP contribution is -2.38. The van der Waals surface area contributed by atoms with Crippen molar-refractivity contribution < 1.29 is 22.3 Å². The number of benzene rings is 1.